The molecule has 2 aliphatic rings. The number of benzene rings is 2. The number of rotatable bonds is 6. The first-order chi connectivity index (χ1) is 15.1. The Balaban J connectivity index is 1.84. The van der Waals surface area contributed by atoms with Crippen molar-refractivity contribution in [1.82, 2.24) is 0 Å². The predicted molar refractivity (Wildman–Crippen MR) is 121 cm³/mol. The summed E-state index contributed by atoms with van der Waals surface area (Å²) in [7, 11) is 1.64. The summed E-state index contributed by atoms with van der Waals surface area (Å²) in [5.74, 6) is 1.18. The molecule has 4 rings (SSSR count). The lowest BCUT2D eigenvalue weighted by molar-refractivity contribution is 0.287. The number of hydrogen-bond acceptors (Lipinski definition) is 5. The summed E-state index contributed by atoms with van der Waals surface area (Å²) in [6.45, 7) is 4.75. The van der Waals surface area contributed by atoms with Crippen molar-refractivity contribution in [2.75, 3.05) is 18.6 Å². The maximum atomic E-state index is 10.1. The second kappa shape index (κ2) is 8.36. The van der Waals surface area contributed by atoms with E-state index in [2.05, 4.69) is 36.1 Å². The van der Waals surface area contributed by atoms with Gasteiger partial charge in [0.15, 0.2) is 16.9 Å². The van der Waals surface area contributed by atoms with E-state index in [1.54, 1.807) is 7.11 Å². The first-order valence-corrected chi connectivity index (χ1v) is 10.8. The van der Waals surface area contributed by atoms with Gasteiger partial charge in [0.25, 0.3) is 0 Å². The lowest BCUT2D eigenvalue weighted by Gasteiger charge is -2.36. The maximum Gasteiger partial charge on any atom is 0.172 e. The van der Waals surface area contributed by atoms with Crippen molar-refractivity contribution < 1.29 is 9.47 Å². The molecule has 5 nitrogen and oxygen atoms in total. The second-order valence-electron chi connectivity index (χ2n) is 8.21. The van der Waals surface area contributed by atoms with E-state index >= 15 is 0 Å². The van der Waals surface area contributed by atoms with E-state index in [4.69, 9.17) is 9.47 Å². The van der Waals surface area contributed by atoms with Crippen LogP contribution in [0.3, 0.4) is 0 Å². The van der Waals surface area contributed by atoms with Crippen LogP contribution >= 0.6 is 0 Å². The van der Waals surface area contributed by atoms with Gasteiger partial charge in [0, 0.05) is 11.6 Å². The number of unbranched alkanes of at least 4 members (excludes halogenated alkanes) is 1. The van der Waals surface area contributed by atoms with Crippen molar-refractivity contribution in [3.63, 3.8) is 0 Å². The van der Waals surface area contributed by atoms with Crippen molar-refractivity contribution in [2.24, 2.45) is 11.3 Å². The van der Waals surface area contributed by atoms with Gasteiger partial charge in [0.1, 0.15) is 0 Å². The standard InChI is InChI=1S/C26H27N3O2/c1-4-5-14-31-23-15-20(10-12-22(23)30-3)25-18(2)26(16-27,17-28)24-13-11-19-8-6-7-9-21(19)29(24)25/h6-13,15,18,24-25H,4-5,14H2,1-3H3/t18-,24-,25+/m1/s1. The molecule has 2 aliphatic heterocycles. The van der Waals surface area contributed by atoms with Gasteiger partial charge < -0.3 is 14.4 Å². The Kier molecular flexibility index (Phi) is 5.61. The van der Waals surface area contributed by atoms with Crippen LogP contribution in [-0.2, 0) is 0 Å². The van der Waals surface area contributed by atoms with Crippen LogP contribution in [0.1, 0.15) is 43.9 Å². The number of ether oxygens (including phenoxy) is 2. The van der Waals surface area contributed by atoms with Gasteiger partial charge in [-0.3, -0.25) is 0 Å². The highest BCUT2D eigenvalue weighted by molar-refractivity contribution is 5.75. The Morgan fingerprint density at radius 3 is 2.58 bits per heavy atom. The fourth-order valence-electron chi connectivity index (χ4n) is 4.88. The van der Waals surface area contributed by atoms with Gasteiger partial charge in [-0.15, -0.1) is 0 Å². The summed E-state index contributed by atoms with van der Waals surface area (Å²) in [5, 5.41) is 20.3. The summed E-state index contributed by atoms with van der Waals surface area (Å²) in [5.41, 5.74) is 2.01. The third-order valence-electron chi connectivity index (χ3n) is 6.59. The van der Waals surface area contributed by atoms with Crippen LogP contribution in [0.2, 0.25) is 0 Å². The maximum absolute atomic E-state index is 10.1. The minimum atomic E-state index is -1.14. The van der Waals surface area contributed by atoms with E-state index in [1.165, 1.54) is 0 Å². The molecule has 31 heavy (non-hydrogen) atoms. The summed E-state index contributed by atoms with van der Waals surface area (Å²) < 4.78 is 11.5. The van der Waals surface area contributed by atoms with Gasteiger partial charge in [-0.25, -0.2) is 0 Å². The summed E-state index contributed by atoms with van der Waals surface area (Å²) in [6.07, 6.45) is 6.05. The van der Waals surface area contributed by atoms with Gasteiger partial charge >= 0.3 is 0 Å². The van der Waals surface area contributed by atoms with Crippen LogP contribution in [0.25, 0.3) is 6.08 Å². The van der Waals surface area contributed by atoms with E-state index in [1.807, 2.05) is 49.4 Å². The average Bonchev–Trinajstić information content (AvgIpc) is 3.07. The normalized spacial score (nSPS) is 22.7. The molecule has 2 heterocycles. The number of fused-ring (bicyclic) bond motifs is 3. The number of nitrogens with zero attached hydrogens (tertiary/aromatic N) is 3. The molecule has 0 bridgehead atoms. The average molecular weight is 414 g/mol. The fraction of sp³-hybridized carbons (Fsp3) is 0.385. The molecule has 0 N–H and O–H groups in total. The summed E-state index contributed by atoms with van der Waals surface area (Å²) in [4.78, 5) is 2.24. The van der Waals surface area contributed by atoms with Crippen molar-refractivity contribution in [2.45, 2.75) is 38.8 Å². The highest BCUT2D eigenvalue weighted by Gasteiger charge is 2.59. The molecular weight excluding hydrogens is 386 g/mol. The van der Waals surface area contributed by atoms with Gasteiger partial charge in [-0.2, -0.15) is 10.5 Å². The van der Waals surface area contributed by atoms with Crippen molar-refractivity contribution in [3.8, 4) is 23.6 Å². The molecule has 0 radical (unpaired) electrons. The second-order valence-corrected chi connectivity index (χ2v) is 8.21. The van der Waals surface area contributed by atoms with Crippen LogP contribution in [-0.4, -0.2) is 19.8 Å². The van der Waals surface area contributed by atoms with Crippen molar-refractivity contribution in [1.29, 1.82) is 10.5 Å². The molecule has 1 saturated heterocycles. The number of anilines is 1. The molecule has 2 aromatic carbocycles. The Morgan fingerprint density at radius 1 is 1.10 bits per heavy atom. The largest absolute Gasteiger partial charge is 0.493 e. The fourth-order valence-corrected chi connectivity index (χ4v) is 4.88. The smallest absolute Gasteiger partial charge is 0.172 e. The monoisotopic (exact) mass is 413 g/mol. The first kappa shape index (κ1) is 20.8. The number of hydrogen-bond donors (Lipinski definition) is 0. The minimum Gasteiger partial charge on any atom is -0.493 e. The number of nitriles is 2. The molecule has 5 heteroatoms. The molecule has 158 valence electrons. The zero-order valence-corrected chi connectivity index (χ0v) is 18.2. The Hall–Kier alpha value is -3.44. The zero-order chi connectivity index (χ0) is 22.0. The molecular formula is C26H27N3O2. The predicted octanol–water partition coefficient (Wildman–Crippen LogP) is 5.50. The topological polar surface area (TPSA) is 69.3 Å². The van der Waals surface area contributed by atoms with E-state index in [-0.39, 0.29) is 18.0 Å². The van der Waals surface area contributed by atoms with Crippen LogP contribution in [0.4, 0.5) is 5.69 Å². The van der Waals surface area contributed by atoms with Gasteiger partial charge in [-0.05, 0) is 35.7 Å². The lowest BCUT2D eigenvalue weighted by Crippen LogP contribution is -2.39. The quantitative estimate of drug-likeness (QED) is 0.585. The molecule has 0 aliphatic carbocycles. The van der Waals surface area contributed by atoms with Gasteiger partial charge in [-0.1, -0.05) is 56.7 Å². The Bertz CT molecular complexity index is 1060. The molecule has 0 aromatic heterocycles. The lowest BCUT2D eigenvalue weighted by atomic mass is 9.73. The molecule has 2 aromatic rings. The zero-order valence-electron chi connectivity index (χ0n) is 18.2. The Morgan fingerprint density at radius 2 is 1.87 bits per heavy atom. The van der Waals surface area contributed by atoms with Crippen LogP contribution < -0.4 is 14.4 Å². The number of methoxy groups -OCH3 is 1. The first-order valence-electron chi connectivity index (χ1n) is 10.8. The highest BCUT2D eigenvalue weighted by Crippen LogP contribution is 2.56. The molecule has 0 unspecified atom stereocenters. The SMILES string of the molecule is CCCCOc1cc([C@@H]2[C@@H](C)C(C#N)(C#N)[C@H]3C=Cc4ccccc4N23)ccc1OC. The van der Waals surface area contributed by atoms with Crippen molar-refractivity contribution >= 4 is 11.8 Å². The third-order valence-corrected chi connectivity index (χ3v) is 6.59. The van der Waals surface area contributed by atoms with Crippen LogP contribution in [0, 0.1) is 34.0 Å². The van der Waals surface area contributed by atoms with Crippen LogP contribution in [0.5, 0.6) is 11.5 Å². The molecule has 3 atom stereocenters. The Labute approximate surface area is 184 Å². The number of para-hydroxylation sites is 1. The van der Waals surface area contributed by atoms with E-state index < -0.39 is 5.41 Å². The molecule has 1 fully saturated rings. The van der Waals surface area contributed by atoms with E-state index in [0.29, 0.717) is 18.1 Å². The van der Waals surface area contributed by atoms with Crippen LogP contribution in [0.15, 0.2) is 48.5 Å². The molecule has 0 saturated carbocycles. The van der Waals surface area contributed by atoms with E-state index in [9.17, 15) is 10.5 Å². The van der Waals surface area contributed by atoms with Gasteiger partial charge in [0.05, 0.1) is 37.9 Å². The van der Waals surface area contributed by atoms with E-state index in [0.717, 1.165) is 29.7 Å². The molecule has 0 spiro atoms. The third kappa shape index (κ3) is 3.22. The molecule has 0 amide bonds. The summed E-state index contributed by atoms with van der Waals surface area (Å²) >= 11 is 0. The highest BCUT2D eigenvalue weighted by atomic mass is 16.5. The minimum absolute atomic E-state index is 0.144. The van der Waals surface area contributed by atoms with Crippen molar-refractivity contribution in [3.05, 3.63) is 59.7 Å². The summed E-state index contributed by atoms with van der Waals surface area (Å²) in [6, 6.07) is 18.4. The van der Waals surface area contributed by atoms with Gasteiger partial charge in [0.2, 0.25) is 0 Å².